The fourth-order valence-corrected chi connectivity index (χ4v) is 2.18. The Hall–Kier alpha value is -1.02. The van der Waals surface area contributed by atoms with Crippen molar-refractivity contribution in [2.24, 2.45) is 5.92 Å². The lowest BCUT2D eigenvalue weighted by Gasteiger charge is -2.16. The zero-order valence-electron chi connectivity index (χ0n) is 13.6. The van der Waals surface area contributed by atoms with Crippen LogP contribution in [-0.4, -0.2) is 12.6 Å². The molecule has 0 amide bonds. The SMILES string of the molecule is CCCCC(CC)COc1cccc(CNC(C)C)c1. The third kappa shape index (κ3) is 6.95. The fourth-order valence-electron chi connectivity index (χ4n) is 2.18. The number of hydrogen-bond donors (Lipinski definition) is 1. The second kappa shape index (κ2) is 9.82. The Labute approximate surface area is 124 Å². The maximum atomic E-state index is 5.98. The van der Waals surface area contributed by atoms with E-state index in [1.165, 1.54) is 31.2 Å². The largest absolute Gasteiger partial charge is 0.493 e. The summed E-state index contributed by atoms with van der Waals surface area (Å²) in [5, 5.41) is 3.44. The van der Waals surface area contributed by atoms with Crippen LogP contribution in [0.15, 0.2) is 24.3 Å². The van der Waals surface area contributed by atoms with Gasteiger partial charge in [-0.3, -0.25) is 0 Å². The van der Waals surface area contributed by atoms with Crippen molar-refractivity contribution in [1.82, 2.24) is 5.32 Å². The Balaban J connectivity index is 2.44. The predicted molar refractivity (Wildman–Crippen MR) is 87.2 cm³/mol. The van der Waals surface area contributed by atoms with Gasteiger partial charge in [0, 0.05) is 12.6 Å². The van der Waals surface area contributed by atoms with Crippen LogP contribution in [0, 0.1) is 5.92 Å². The molecule has 0 aliphatic heterocycles. The molecule has 2 nitrogen and oxygen atoms in total. The van der Waals surface area contributed by atoms with Crippen molar-refractivity contribution in [2.75, 3.05) is 6.61 Å². The van der Waals surface area contributed by atoms with Gasteiger partial charge in [-0.2, -0.15) is 0 Å². The lowest BCUT2D eigenvalue weighted by Crippen LogP contribution is -2.21. The molecular formula is C18H31NO. The Kier molecular flexibility index (Phi) is 8.36. The van der Waals surface area contributed by atoms with E-state index in [2.05, 4.69) is 57.3 Å². The molecule has 0 radical (unpaired) electrons. The molecule has 0 aliphatic rings. The van der Waals surface area contributed by atoms with E-state index in [0.29, 0.717) is 12.0 Å². The van der Waals surface area contributed by atoms with E-state index in [9.17, 15) is 0 Å². The number of nitrogens with one attached hydrogen (secondary N) is 1. The highest BCUT2D eigenvalue weighted by atomic mass is 16.5. The minimum Gasteiger partial charge on any atom is -0.493 e. The van der Waals surface area contributed by atoms with E-state index >= 15 is 0 Å². The molecule has 0 spiro atoms. The molecule has 0 aromatic heterocycles. The highest BCUT2D eigenvalue weighted by Crippen LogP contribution is 2.18. The van der Waals surface area contributed by atoms with E-state index in [0.717, 1.165) is 18.9 Å². The zero-order valence-corrected chi connectivity index (χ0v) is 13.6. The predicted octanol–water partition coefficient (Wildman–Crippen LogP) is 4.78. The molecule has 0 saturated carbocycles. The van der Waals surface area contributed by atoms with Gasteiger partial charge in [-0.05, 0) is 30.0 Å². The third-order valence-corrected chi connectivity index (χ3v) is 3.64. The van der Waals surface area contributed by atoms with Crippen LogP contribution < -0.4 is 10.1 Å². The van der Waals surface area contributed by atoms with Crippen LogP contribution in [0.25, 0.3) is 0 Å². The molecule has 1 aromatic carbocycles. The third-order valence-electron chi connectivity index (χ3n) is 3.64. The Morgan fingerprint density at radius 1 is 1.20 bits per heavy atom. The summed E-state index contributed by atoms with van der Waals surface area (Å²) < 4.78 is 5.98. The maximum absolute atomic E-state index is 5.98. The van der Waals surface area contributed by atoms with Gasteiger partial charge in [-0.25, -0.2) is 0 Å². The molecule has 1 unspecified atom stereocenters. The number of hydrogen-bond acceptors (Lipinski definition) is 2. The van der Waals surface area contributed by atoms with Crippen molar-refractivity contribution in [3.63, 3.8) is 0 Å². The van der Waals surface area contributed by atoms with Crippen LogP contribution in [0.5, 0.6) is 5.75 Å². The molecule has 20 heavy (non-hydrogen) atoms. The average molecular weight is 277 g/mol. The maximum Gasteiger partial charge on any atom is 0.119 e. The van der Waals surface area contributed by atoms with Crippen LogP contribution in [0.2, 0.25) is 0 Å². The number of rotatable bonds is 10. The highest BCUT2D eigenvalue weighted by Gasteiger charge is 2.07. The molecule has 1 N–H and O–H groups in total. The van der Waals surface area contributed by atoms with Crippen molar-refractivity contribution in [3.05, 3.63) is 29.8 Å². The summed E-state index contributed by atoms with van der Waals surface area (Å²) in [7, 11) is 0. The number of ether oxygens (including phenoxy) is 1. The number of benzene rings is 1. The normalized spacial score (nSPS) is 12.7. The summed E-state index contributed by atoms with van der Waals surface area (Å²) in [5.41, 5.74) is 1.29. The van der Waals surface area contributed by atoms with Crippen molar-refractivity contribution >= 4 is 0 Å². The van der Waals surface area contributed by atoms with E-state index in [1.54, 1.807) is 0 Å². The van der Waals surface area contributed by atoms with E-state index in [4.69, 9.17) is 4.74 Å². The van der Waals surface area contributed by atoms with Gasteiger partial charge in [0.2, 0.25) is 0 Å². The molecule has 2 heteroatoms. The van der Waals surface area contributed by atoms with E-state index < -0.39 is 0 Å². The standard InChI is InChI=1S/C18H31NO/c1-5-7-9-16(6-2)14-20-18-11-8-10-17(12-18)13-19-15(3)4/h8,10-12,15-16,19H,5-7,9,13-14H2,1-4H3. The van der Waals surface area contributed by atoms with Crippen molar-refractivity contribution in [3.8, 4) is 5.75 Å². The van der Waals surface area contributed by atoms with Gasteiger partial charge in [-0.1, -0.05) is 59.1 Å². The zero-order chi connectivity index (χ0) is 14.8. The minimum atomic E-state index is 0.512. The quantitative estimate of drug-likeness (QED) is 0.664. The Morgan fingerprint density at radius 3 is 2.65 bits per heavy atom. The topological polar surface area (TPSA) is 21.3 Å². The van der Waals surface area contributed by atoms with E-state index in [-0.39, 0.29) is 0 Å². The van der Waals surface area contributed by atoms with Gasteiger partial charge in [0.05, 0.1) is 6.61 Å². The van der Waals surface area contributed by atoms with Crippen molar-refractivity contribution < 1.29 is 4.74 Å². The first-order valence-electron chi connectivity index (χ1n) is 8.10. The summed E-state index contributed by atoms with van der Waals surface area (Å²) in [4.78, 5) is 0. The molecule has 114 valence electrons. The molecule has 0 fully saturated rings. The molecule has 1 rings (SSSR count). The fraction of sp³-hybridized carbons (Fsp3) is 0.667. The van der Waals surface area contributed by atoms with Crippen molar-refractivity contribution in [1.29, 1.82) is 0 Å². The smallest absolute Gasteiger partial charge is 0.119 e. The molecule has 1 atom stereocenters. The highest BCUT2D eigenvalue weighted by molar-refractivity contribution is 5.28. The molecule has 0 heterocycles. The van der Waals surface area contributed by atoms with Crippen LogP contribution in [0.4, 0.5) is 0 Å². The van der Waals surface area contributed by atoms with Crippen LogP contribution in [-0.2, 0) is 6.54 Å². The molecular weight excluding hydrogens is 246 g/mol. The molecule has 1 aromatic rings. The van der Waals surface area contributed by atoms with Gasteiger partial charge < -0.3 is 10.1 Å². The lowest BCUT2D eigenvalue weighted by atomic mass is 10.0. The van der Waals surface area contributed by atoms with Gasteiger partial charge >= 0.3 is 0 Å². The molecule has 0 bridgehead atoms. The second-order valence-electron chi connectivity index (χ2n) is 5.91. The molecule has 0 aliphatic carbocycles. The Bertz CT molecular complexity index is 362. The monoisotopic (exact) mass is 277 g/mol. The minimum absolute atomic E-state index is 0.512. The lowest BCUT2D eigenvalue weighted by molar-refractivity contribution is 0.233. The van der Waals surface area contributed by atoms with Crippen LogP contribution in [0.3, 0.4) is 0 Å². The van der Waals surface area contributed by atoms with Crippen LogP contribution >= 0.6 is 0 Å². The number of unbranched alkanes of at least 4 members (excludes halogenated alkanes) is 1. The van der Waals surface area contributed by atoms with Gasteiger partial charge in [0.25, 0.3) is 0 Å². The first-order valence-corrected chi connectivity index (χ1v) is 8.10. The summed E-state index contributed by atoms with van der Waals surface area (Å²) in [5.74, 6) is 1.69. The molecule has 0 saturated heterocycles. The van der Waals surface area contributed by atoms with Gasteiger partial charge in [-0.15, -0.1) is 0 Å². The van der Waals surface area contributed by atoms with E-state index in [1.807, 2.05) is 0 Å². The summed E-state index contributed by atoms with van der Waals surface area (Å²) in [6, 6.07) is 8.96. The van der Waals surface area contributed by atoms with Gasteiger partial charge in [0.1, 0.15) is 5.75 Å². The summed E-state index contributed by atoms with van der Waals surface area (Å²) in [6.07, 6.45) is 5.06. The van der Waals surface area contributed by atoms with Crippen LogP contribution in [0.1, 0.15) is 58.9 Å². The second-order valence-corrected chi connectivity index (χ2v) is 5.91. The summed E-state index contributed by atoms with van der Waals surface area (Å²) in [6.45, 7) is 10.6. The average Bonchev–Trinajstić information content (AvgIpc) is 2.46. The summed E-state index contributed by atoms with van der Waals surface area (Å²) >= 11 is 0. The van der Waals surface area contributed by atoms with Crippen molar-refractivity contribution in [2.45, 2.75) is 66.0 Å². The van der Waals surface area contributed by atoms with Gasteiger partial charge in [0.15, 0.2) is 0 Å². The first kappa shape index (κ1) is 17.0. The first-order chi connectivity index (χ1) is 9.65. The Morgan fingerprint density at radius 2 is 2.00 bits per heavy atom.